The maximum absolute atomic E-state index is 4.33. The van der Waals surface area contributed by atoms with Crippen LogP contribution in [0.2, 0.25) is 0 Å². The summed E-state index contributed by atoms with van der Waals surface area (Å²) in [6.07, 6.45) is 4.72. The molecule has 15 heavy (non-hydrogen) atoms. The predicted molar refractivity (Wildman–Crippen MR) is 69.7 cm³/mol. The summed E-state index contributed by atoms with van der Waals surface area (Å²) in [6, 6.07) is 0. The van der Waals surface area contributed by atoms with E-state index in [9.17, 15) is 0 Å². The highest BCUT2D eigenvalue weighted by atomic mass is 32.2. The van der Waals surface area contributed by atoms with Crippen LogP contribution in [0, 0.1) is 5.92 Å². The van der Waals surface area contributed by atoms with Crippen molar-refractivity contribution >= 4 is 17.7 Å². The number of rotatable bonds is 3. The number of likely N-dealkylation sites (tertiary alicyclic amines) is 1. The van der Waals surface area contributed by atoms with E-state index in [2.05, 4.69) is 28.4 Å². The number of hydrogen-bond acceptors (Lipinski definition) is 2. The highest BCUT2D eigenvalue weighted by Gasteiger charge is 2.17. The number of nitrogens with one attached hydrogen (secondary N) is 1. The van der Waals surface area contributed by atoms with Gasteiger partial charge in [0.2, 0.25) is 0 Å². The van der Waals surface area contributed by atoms with Crippen molar-refractivity contribution in [1.82, 2.24) is 10.2 Å². The van der Waals surface area contributed by atoms with E-state index >= 15 is 0 Å². The molecular weight excluding hydrogens is 206 g/mol. The summed E-state index contributed by atoms with van der Waals surface area (Å²) in [5.41, 5.74) is 0. The first-order valence-corrected chi connectivity index (χ1v) is 7.12. The van der Waals surface area contributed by atoms with Crippen LogP contribution in [-0.2, 0) is 0 Å². The Hall–Kier alpha value is -0.380. The van der Waals surface area contributed by atoms with Crippen molar-refractivity contribution in [2.45, 2.75) is 19.8 Å². The first-order chi connectivity index (χ1) is 7.27. The fourth-order valence-corrected chi connectivity index (χ4v) is 2.12. The molecule has 0 unspecified atom stereocenters. The Morgan fingerprint density at radius 2 is 2.13 bits per heavy atom. The van der Waals surface area contributed by atoms with Gasteiger partial charge in [0.1, 0.15) is 0 Å². The lowest BCUT2D eigenvalue weighted by atomic mass is 10.00. The van der Waals surface area contributed by atoms with Crippen LogP contribution in [-0.4, -0.2) is 49.6 Å². The van der Waals surface area contributed by atoms with E-state index < -0.39 is 0 Å². The third-order valence-corrected chi connectivity index (χ3v) is 3.50. The quantitative estimate of drug-likeness (QED) is 0.453. The average molecular weight is 229 g/mol. The van der Waals surface area contributed by atoms with Crippen LogP contribution in [0.15, 0.2) is 4.99 Å². The third kappa shape index (κ3) is 4.33. The average Bonchev–Trinajstić information content (AvgIpc) is 2.26. The molecule has 1 N–H and O–H groups in total. The summed E-state index contributed by atoms with van der Waals surface area (Å²) in [5, 5.41) is 3.41. The van der Waals surface area contributed by atoms with Crippen molar-refractivity contribution in [2.24, 2.45) is 10.9 Å². The topological polar surface area (TPSA) is 27.6 Å². The molecule has 0 aromatic rings. The molecule has 1 aliphatic rings. The van der Waals surface area contributed by atoms with Crippen molar-refractivity contribution in [3.63, 3.8) is 0 Å². The fraction of sp³-hybridized carbons (Fsp3) is 0.909. The van der Waals surface area contributed by atoms with Crippen LogP contribution in [0.5, 0.6) is 0 Å². The van der Waals surface area contributed by atoms with Crippen LogP contribution in [0.3, 0.4) is 0 Å². The molecule has 0 saturated carbocycles. The summed E-state index contributed by atoms with van der Waals surface area (Å²) >= 11 is 1.87. The molecule has 1 saturated heterocycles. The molecule has 0 amide bonds. The standard InChI is InChI=1S/C11H23N3S/c1-10-4-7-14(8-5-10)11(12-2)13-6-9-15-3/h10H,4-9H2,1-3H3,(H,12,13). The SMILES string of the molecule is CN=C(NCCSC)N1CCC(C)CC1. The maximum Gasteiger partial charge on any atom is 0.193 e. The van der Waals surface area contributed by atoms with E-state index in [1.807, 2.05) is 18.8 Å². The van der Waals surface area contributed by atoms with Crippen LogP contribution in [0.25, 0.3) is 0 Å². The van der Waals surface area contributed by atoms with Gasteiger partial charge in [0.05, 0.1) is 0 Å². The van der Waals surface area contributed by atoms with Crippen molar-refractivity contribution in [3.05, 3.63) is 0 Å². The molecule has 0 aromatic heterocycles. The maximum atomic E-state index is 4.33. The zero-order valence-corrected chi connectivity index (χ0v) is 10.9. The lowest BCUT2D eigenvalue weighted by molar-refractivity contribution is 0.274. The van der Waals surface area contributed by atoms with Crippen molar-refractivity contribution in [3.8, 4) is 0 Å². The Morgan fingerprint density at radius 1 is 1.47 bits per heavy atom. The molecule has 0 aliphatic carbocycles. The molecule has 1 aliphatic heterocycles. The van der Waals surface area contributed by atoms with E-state index in [1.54, 1.807) is 0 Å². The van der Waals surface area contributed by atoms with Gasteiger partial charge in [-0.25, -0.2) is 0 Å². The summed E-state index contributed by atoms with van der Waals surface area (Å²) < 4.78 is 0. The molecule has 0 bridgehead atoms. The molecule has 0 radical (unpaired) electrons. The molecule has 1 fully saturated rings. The van der Waals surface area contributed by atoms with Crippen LogP contribution < -0.4 is 5.32 Å². The van der Waals surface area contributed by atoms with Gasteiger partial charge >= 0.3 is 0 Å². The second-order valence-electron chi connectivity index (χ2n) is 4.14. The molecule has 88 valence electrons. The summed E-state index contributed by atoms with van der Waals surface area (Å²) in [7, 11) is 1.87. The van der Waals surface area contributed by atoms with Crippen molar-refractivity contribution < 1.29 is 0 Å². The zero-order chi connectivity index (χ0) is 11.1. The van der Waals surface area contributed by atoms with E-state index in [0.29, 0.717) is 0 Å². The van der Waals surface area contributed by atoms with Gasteiger partial charge in [-0.2, -0.15) is 11.8 Å². The van der Waals surface area contributed by atoms with Crippen LogP contribution >= 0.6 is 11.8 Å². The van der Waals surface area contributed by atoms with Gasteiger partial charge in [-0.1, -0.05) is 6.92 Å². The van der Waals surface area contributed by atoms with E-state index in [4.69, 9.17) is 0 Å². The van der Waals surface area contributed by atoms with Crippen LogP contribution in [0.1, 0.15) is 19.8 Å². The minimum atomic E-state index is 0.880. The minimum absolute atomic E-state index is 0.880. The normalized spacial score (nSPS) is 19.4. The fourth-order valence-electron chi connectivity index (χ4n) is 1.82. The largest absolute Gasteiger partial charge is 0.355 e. The van der Waals surface area contributed by atoms with Gasteiger partial charge in [0.25, 0.3) is 0 Å². The second kappa shape index (κ2) is 6.99. The highest BCUT2D eigenvalue weighted by molar-refractivity contribution is 7.98. The Kier molecular flexibility index (Phi) is 5.91. The molecule has 0 atom stereocenters. The zero-order valence-electron chi connectivity index (χ0n) is 10.1. The number of aliphatic imine (C=N–C) groups is 1. The van der Waals surface area contributed by atoms with E-state index in [0.717, 1.165) is 37.3 Å². The van der Waals surface area contributed by atoms with Gasteiger partial charge < -0.3 is 10.2 Å². The van der Waals surface area contributed by atoms with Gasteiger partial charge in [0, 0.05) is 32.4 Å². The number of hydrogen-bond donors (Lipinski definition) is 1. The Bertz CT molecular complexity index is 198. The summed E-state index contributed by atoms with van der Waals surface area (Å²) in [5.74, 6) is 3.10. The highest BCUT2D eigenvalue weighted by Crippen LogP contribution is 2.15. The van der Waals surface area contributed by atoms with E-state index in [1.165, 1.54) is 12.8 Å². The van der Waals surface area contributed by atoms with E-state index in [-0.39, 0.29) is 0 Å². The smallest absolute Gasteiger partial charge is 0.193 e. The number of thioether (sulfide) groups is 1. The third-order valence-electron chi connectivity index (χ3n) is 2.88. The Labute approximate surface area is 97.7 Å². The minimum Gasteiger partial charge on any atom is -0.355 e. The van der Waals surface area contributed by atoms with Crippen molar-refractivity contribution in [1.29, 1.82) is 0 Å². The first-order valence-electron chi connectivity index (χ1n) is 5.72. The van der Waals surface area contributed by atoms with Gasteiger partial charge in [0.15, 0.2) is 5.96 Å². The lowest BCUT2D eigenvalue weighted by Crippen LogP contribution is -2.45. The molecule has 0 spiro atoms. The molecule has 3 nitrogen and oxygen atoms in total. The molecular formula is C11H23N3S. The number of nitrogens with zero attached hydrogens (tertiary/aromatic N) is 2. The molecule has 1 heterocycles. The monoisotopic (exact) mass is 229 g/mol. The van der Waals surface area contributed by atoms with Crippen molar-refractivity contribution in [2.75, 3.05) is 38.7 Å². The predicted octanol–water partition coefficient (Wildman–Crippen LogP) is 1.66. The second-order valence-corrected chi connectivity index (χ2v) is 5.12. The molecule has 0 aromatic carbocycles. The molecule has 4 heteroatoms. The number of piperidine rings is 1. The Morgan fingerprint density at radius 3 is 2.67 bits per heavy atom. The summed E-state index contributed by atoms with van der Waals surface area (Å²) in [6.45, 7) is 5.65. The summed E-state index contributed by atoms with van der Waals surface area (Å²) in [4.78, 5) is 6.71. The van der Waals surface area contributed by atoms with Gasteiger partial charge in [-0.15, -0.1) is 0 Å². The van der Waals surface area contributed by atoms with Crippen LogP contribution in [0.4, 0.5) is 0 Å². The van der Waals surface area contributed by atoms with Gasteiger partial charge in [-0.05, 0) is 25.0 Å². The lowest BCUT2D eigenvalue weighted by Gasteiger charge is -2.32. The Balaban J connectivity index is 2.32. The van der Waals surface area contributed by atoms with Gasteiger partial charge in [-0.3, -0.25) is 4.99 Å². The molecule has 1 rings (SSSR count). The first kappa shape index (κ1) is 12.7. The number of guanidine groups is 1.